The number of carbonyl (C=O) groups is 3. The zero-order valence-corrected chi connectivity index (χ0v) is 20.4. The molecule has 0 aromatic carbocycles. The van der Waals surface area contributed by atoms with Crippen LogP contribution in [0.5, 0.6) is 0 Å². The van der Waals surface area contributed by atoms with Crippen LogP contribution in [0.25, 0.3) is 0 Å². The summed E-state index contributed by atoms with van der Waals surface area (Å²) in [6.07, 6.45) is 12.7. The molecule has 7 heteroatoms. The van der Waals surface area contributed by atoms with Crippen LogP contribution in [0.2, 0.25) is 0 Å². The summed E-state index contributed by atoms with van der Waals surface area (Å²) in [5.74, 6) is 2.28. The van der Waals surface area contributed by atoms with Gasteiger partial charge in [0.05, 0.1) is 5.56 Å². The van der Waals surface area contributed by atoms with Crippen molar-refractivity contribution in [1.82, 2.24) is 9.88 Å². The number of nitrogens with one attached hydrogen (secondary N) is 1. The number of anilines is 1. The number of carbonyl (C=O) groups excluding carboxylic acids is 3. The summed E-state index contributed by atoms with van der Waals surface area (Å²) >= 11 is 0. The molecule has 0 saturated heterocycles. The predicted molar refractivity (Wildman–Crippen MR) is 130 cm³/mol. The average molecular weight is 465 g/mol. The van der Waals surface area contributed by atoms with Gasteiger partial charge in [-0.1, -0.05) is 19.9 Å². The van der Waals surface area contributed by atoms with Crippen LogP contribution in [0, 0.1) is 34.5 Å². The van der Waals surface area contributed by atoms with E-state index in [4.69, 9.17) is 5.73 Å². The Morgan fingerprint density at radius 3 is 2.65 bits per heavy atom. The van der Waals surface area contributed by atoms with Gasteiger partial charge in [0.1, 0.15) is 5.82 Å². The molecule has 7 nitrogen and oxygen atoms in total. The molecular weight excluding hydrogens is 428 g/mol. The van der Waals surface area contributed by atoms with Crippen molar-refractivity contribution < 1.29 is 14.4 Å². The molecule has 1 aliphatic heterocycles. The number of amides is 3. The lowest BCUT2D eigenvalue weighted by molar-refractivity contribution is -0.139. The van der Waals surface area contributed by atoms with Crippen LogP contribution in [0.1, 0.15) is 69.2 Å². The third kappa shape index (κ3) is 3.55. The molecule has 4 aliphatic rings. The SMILES string of the molecule is CN1C(=O)C=C[C@]2(C)C3CC[C@@]4(C)C(CC[C@@H]4CC(=O)Nc4ccc(C(N)=O)cn4)C3CCC12. The standard InChI is InChI=1S/C27H36N4O3/c1-26-12-10-20-18(6-8-21-27(20,2)13-11-24(33)31(21)3)19(26)7-5-17(26)14-23(32)30-22-9-4-16(15-29-22)25(28)34/h4,9,11,13,15,17-21H,5-8,10,12,14H2,1-3H3,(H2,28,34)(H,29,30,32)/t17-,18?,19?,20?,21?,26-,27-/m1/s1. The number of nitrogens with zero attached hydrogens (tertiary/aromatic N) is 2. The van der Waals surface area contributed by atoms with Crippen molar-refractivity contribution in [1.29, 1.82) is 0 Å². The van der Waals surface area contributed by atoms with Crippen LogP contribution in [0.3, 0.4) is 0 Å². The lowest BCUT2D eigenvalue weighted by Crippen LogP contribution is -2.59. The minimum atomic E-state index is -0.532. The van der Waals surface area contributed by atoms with Crippen molar-refractivity contribution in [2.45, 2.75) is 64.8 Å². The Labute approximate surface area is 201 Å². The van der Waals surface area contributed by atoms with E-state index in [-0.39, 0.29) is 22.6 Å². The van der Waals surface area contributed by atoms with E-state index in [1.807, 2.05) is 11.9 Å². The maximum atomic E-state index is 12.9. The lowest BCUT2D eigenvalue weighted by atomic mass is 9.47. The summed E-state index contributed by atoms with van der Waals surface area (Å²) in [5.41, 5.74) is 5.81. The van der Waals surface area contributed by atoms with Gasteiger partial charge in [0.15, 0.2) is 0 Å². The van der Waals surface area contributed by atoms with Gasteiger partial charge in [-0.05, 0) is 85.8 Å². The zero-order valence-electron chi connectivity index (χ0n) is 20.4. The van der Waals surface area contributed by atoms with E-state index < -0.39 is 5.91 Å². The fraction of sp³-hybridized carbons (Fsp3) is 0.630. The fourth-order valence-corrected chi connectivity index (χ4v) is 8.21. The summed E-state index contributed by atoms with van der Waals surface area (Å²) in [7, 11) is 1.96. The quantitative estimate of drug-likeness (QED) is 0.708. The van der Waals surface area contributed by atoms with Gasteiger partial charge in [0.2, 0.25) is 17.7 Å². The smallest absolute Gasteiger partial charge is 0.250 e. The molecule has 3 saturated carbocycles. The first kappa shape index (κ1) is 23.1. The molecule has 0 bridgehead atoms. The fourth-order valence-electron chi connectivity index (χ4n) is 8.21. The molecular formula is C27H36N4O3. The number of rotatable bonds is 4. The van der Waals surface area contributed by atoms with E-state index in [2.05, 4.69) is 30.2 Å². The van der Waals surface area contributed by atoms with Gasteiger partial charge in [-0.2, -0.15) is 0 Å². The van der Waals surface area contributed by atoms with E-state index in [0.29, 0.717) is 47.5 Å². The van der Waals surface area contributed by atoms with Crippen molar-refractivity contribution in [3.63, 3.8) is 0 Å². The molecule has 3 aliphatic carbocycles. The highest BCUT2D eigenvalue weighted by atomic mass is 16.2. The molecule has 0 radical (unpaired) electrons. The highest BCUT2D eigenvalue weighted by Gasteiger charge is 2.60. The first-order valence-corrected chi connectivity index (χ1v) is 12.6. The topological polar surface area (TPSA) is 105 Å². The van der Waals surface area contributed by atoms with Gasteiger partial charge in [-0.15, -0.1) is 0 Å². The van der Waals surface area contributed by atoms with Crippen molar-refractivity contribution in [3.8, 4) is 0 Å². The van der Waals surface area contributed by atoms with Crippen LogP contribution in [0.4, 0.5) is 5.82 Å². The first-order valence-electron chi connectivity index (χ1n) is 12.6. The molecule has 2 heterocycles. The normalized spacial score (nSPS) is 38.6. The third-order valence-corrected chi connectivity index (χ3v) is 10.1. The number of aromatic nitrogens is 1. The molecule has 3 amide bonds. The molecule has 1 aromatic heterocycles. The maximum Gasteiger partial charge on any atom is 0.250 e. The molecule has 182 valence electrons. The Kier molecular flexibility index (Phi) is 5.57. The second kappa shape index (κ2) is 8.21. The second-order valence-electron chi connectivity index (χ2n) is 11.5. The van der Waals surface area contributed by atoms with Gasteiger partial charge < -0.3 is 16.0 Å². The average Bonchev–Trinajstić information content (AvgIpc) is 3.13. The van der Waals surface area contributed by atoms with E-state index in [1.165, 1.54) is 19.0 Å². The summed E-state index contributed by atoms with van der Waals surface area (Å²) in [4.78, 5) is 42.5. The number of pyridine rings is 1. The minimum Gasteiger partial charge on any atom is -0.366 e. The molecule has 7 atom stereocenters. The highest BCUT2D eigenvalue weighted by molar-refractivity contribution is 5.93. The van der Waals surface area contributed by atoms with Gasteiger partial charge in [-0.25, -0.2) is 4.98 Å². The minimum absolute atomic E-state index is 0.0145. The number of hydrogen-bond donors (Lipinski definition) is 2. The molecule has 0 spiro atoms. The van der Waals surface area contributed by atoms with Crippen LogP contribution in [-0.2, 0) is 9.59 Å². The summed E-state index contributed by atoms with van der Waals surface area (Å²) in [5, 5.41) is 2.91. The van der Waals surface area contributed by atoms with E-state index in [0.717, 1.165) is 25.7 Å². The second-order valence-corrected chi connectivity index (χ2v) is 11.5. The van der Waals surface area contributed by atoms with E-state index in [1.54, 1.807) is 18.2 Å². The highest BCUT2D eigenvalue weighted by Crippen LogP contribution is 2.65. The number of primary amides is 1. The molecule has 1 aromatic rings. The molecule has 3 fully saturated rings. The molecule has 34 heavy (non-hydrogen) atoms. The lowest BCUT2D eigenvalue weighted by Gasteiger charge is -2.60. The summed E-state index contributed by atoms with van der Waals surface area (Å²) < 4.78 is 0. The Bertz CT molecular complexity index is 1040. The van der Waals surface area contributed by atoms with Gasteiger partial charge >= 0.3 is 0 Å². The van der Waals surface area contributed by atoms with Crippen molar-refractivity contribution >= 4 is 23.5 Å². The van der Waals surface area contributed by atoms with E-state index >= 15 is 0 Å². The Balaban J connectivity index is 1.28. The van der Waals surface area contributed by atoms with Gasteiger partial charge in [0.25, 0.3) is 0 Å². The number of hydrogen-bond acceptors (Lipinski definition) is 4. The Morgan fingerprint density at radius 2 is 1.94 bits per heavy atom. The van der Waals surface area contributed by atoms with Crippen molar-refractivity contribution in [3.05, 3.63) is 36.0 Å². The molecule has 3 N–H and O–H groups in total. The summed E-state index contributed by atoms with van der Waals surface area (Å²) in [6, 6.07) is 3.51. The van der Waals surface area contributed by atoms with Crippen LogP contribution in [-0.4, -0.2) is 40.7 Å². The Morgan fingerprint density at radius 1 is 1.15 bits per heavy atom. The monoisotopic (exact) mass is 464 g/mol. The van der Waals surface area contributed by atoms with Crippen molar-refractivity contribution in [2.24, 2.45) is 40.2 Å². The molecule has 5 rings (SSSR count). The molecule has 4 unspecified atom stereocenters. The van der Waals surface area contributed by atoms with Crippen LogP contribution in [0.15, 0.2) is 30.5 Å². The number of fused-ring (bicyclic) bond motifs is 5. The number of nitrogens with two attached hydrogens (primary N) is 1. The maximum absolute atomic E-state index is 12.9. The first-order chi connectivity index (χ1) is 16.1. The zero-order chi connectivity index (χ0) is 24.3. The van der Waals surface area contributed by atoms with Crippen LogP contribution < -0.4 is 11.1 Å². The van der Waals surface area contributed by atoms with Crippen molar-refractivity contribution in [2.75, 3.05) is 12.4 Å². The largest absolute Gasteiger partial charge is 0.366 e. The van der Waals surface area contributed by atoms with E-state index in [9.17, 15) is 14.4 Å². The van der Waals surface area contributed by atoms with Gasteiger partial charge in [-0.3, -0.25) is 14.4 Å². The Hall–Kier alpha value is -2.70. The summed E-state index contributed by atoms with van der Waals surface area (Å²) in [6.45, 7) is 4.78. The predicted octanol–water partition coefficient (Wildman–Crippen LogP) is 3.76. The van der Waals surface area contributed by atoms with Crippen LogP contribution >= 0.6 is 0 Å². The van der Waals surface area contributed by atoms with Gasteiger partial charge in [0, 0.05) is 31.1 Å². The third-order valence-electron chi connectivity index (χ3n) is 10.1. The number of likely N-dealkylation sites (N-methyl/N-ethyl adjacent to an activating group) is 1.